The molecular weight excluding hydrogens is 354 g/mol. The number of nitrogens with one attached hydrogen (secondary N) is 1. The van der Waals surface area contributed by atoms with E-state index in [1.807, 2.05) is 0 Å². The summed E-state index contributed by atoms with van der Waals surface area (Å²) >= 11 is 7.10. The molecule has 3 rings (SSSR count). The number of fused-ring (bicyclic) bond motifs is 1. The Morgan fingerprint density at radius 1 is 1.00 bits per heavy atom. The van der Waals surface area contributed by atoms with Crippen molar-refractivity contribution >= 4 is 37.5 Å². The van der Waals surface area contributed by atoms with Gasteiger partial charge in [-0.1, -0.05) is 44.0 Å². The molecule has 1 N–H and O–H groups in total. The van der Waals surface area contributed by atoms with Gasteiger partial charge in [0.1, 0.15) is 0 Å². The Bertz CT molecular complexity index is 563. The van der Waals surface area contributed by atoms with Crippen LogP contribution in [0.2, 0.25) is 0 Å². The molecule has 0 spiro atoms. The zero-order chi connectivity index (χ0) is 12.5. The molecule has 3 heteroatoms. The molecule has 0 fully saturated rings. The fourth-order valence-corrected chi connectivity index (χ4v) is 3.35. The molecule has 1 unspecified atom stereocenters. The molecule has 1 aliphatic carbocycles. The normalized spacial score (nSPS) is 17.6. The fourth-order valence-electron chi connectivity index (χ4n) is 2.51. The average Bonchev–Trinajstić information content (AvgIpc) is 2.77. The summed E-state index contributed by atoms with van der Waals surface area (Å²) < 4.78 is 2.35. The van der Waals surface area contributed by atoms with Crippen LogP contribution in [0.5, 0.6) is 0 Å². The van der Waals surface area contributed by atoms with Crippen molar-refractivity contribution in [2.75, 3.05) is 5.32 Å². The fraction of sp³-hybridized carbons (Fsp3) is 0.200. The van der Waals surface area contributed by atoms with E-state index in [0.29, 0.717) is 6.04 Å². The van der Waals surface area contributed by atoms with E-state index >= 15 is 0 Å². The topological polar surface area (TPSA) is 12.0 Å². The second kappa shape index (κ2) is 5.06. The van der Waals surface area contributed by atoms with Gasteiger partial charge in [0, 0.05) is 14.6 Å². The van der Waals surface area contributed by atoms with Gasteiger partial charge in [0.25, 0.3) is 0 Å². The summed E-state index contributed by atoms with van der Waals surface area (Å²) in [6.07, 6.45) is 2.30. The van der Waals surface area contributed by atoms with Gasteiger partial charge in [0.2, 0.25) is 0 Å². The molecule has 0 bridgehead atoms. The highest BCUT2D eigenvalue weighted by Gasteiger charge is 2.23. The molecule has 18 heavy (non-hydrogen) atoms. The number of anilines is 1. The Balaban J connectivity index is 1.85. The van der Waals surface area contributed by atoms with E-state index in [9.17, 15) is 0 Å². The van der Waals surface area contributed by atoms with Crippen LogP contribution in [0.1, 0.15) is 23.6 Å². The quantitative estimate of drug-likeness (QED) is 0.759. The zero-order valence-corrected chi connectivity index (χ0v) is 13.0. The van der Waals surface area contributed by atoms with Gasteiger partial charge in [-0.2, -0.15) is 0 Å². The van der Waals surface area contributed by atoms with Crippen molar-refractivity contribution in [3.8, 4) is 0 Å². The standard InChI is InChI=1S/C15H13Br2N/c16-10-4-6-11(7-5-10)18-15-9-8-12-13(15)2-1-3-14(12)17/h1-7,15,18H,8-9H2. The third-order valence-corrected chi connectivity index (χ3v) is 4.67. The lowest BCUT2D eigenvalue weighted by Gasteiger charge is -2.15. The van der Waals surface area contributed by atoms with Crippen LogP contribution in [0.25, 0.3) is 0 Å². The Hall–Kier alpha value is -0.800. The molecule has 0 saturated heterocycles. The van der Waals surface area contributed by atoms with Crippen molar-refractivity contribution in [3.63, 3.8) is 0 Å². The predicted molar refractivity (Wildman–Crippen MR) is 83.0 cm³/mol. The first-order valence-corrected chi connectivity index (χ1v) is 7.62. The number of hydrogen-bond donors (Lipinski definition) is 1. The third-order valence-electron chi connectivity index (χ3n) is 3.40. The Morgan fingerprint density at radius 2 is 1.78 bits per heavy atom. The molecule has 0 aromatic heterocycles. The van der Waals surface area contributed by atoms with Gasteiger partial charge in [-0.15, -0.1) is 0 Å². The van der Waals surface area contributed by atoms with Gasteiger partial charge in [0.05, 0.1) is 6.04 Å². The lowest BCUT2D eigenvalue weighted by molar-refractivity contribution is 0.762. The van der Waals surface area contributed by atoms with E-state index in [4.69, 9.17) is 0 Å². The van der Waals surface area contributed by atoms with Crippen molar-refractivity contribution in [3.05, 3.63) is 62.5 Å². The first-order valence-electron chi connectivity index (χ1n) is 6.03. The van der Waals surface area contributed by atoms with E-state index in [1.165, 1.54) is 21.3 Å². The summed E-state index contributed by atoms with van der Waals surface area (Å²) in [5.41, 5.74) is 4.05. The van der Waals surface area contributed by atoms with Crippen molar-refractivity contribution in [1.29, 1.82) is 0 Å². The van der Waals surface area contributed by atoms with Gasteiger partial charge < -0.3 is 5.32 Å². The molecule has 1 aliphatic rings. The summed E-state index contributed by atoms with van der Waals surface area (Å²) in [5.74, 6) is 0. The van der Waals surface area contributed by atoms with Gasteiger partial charge in [0.15, 0.2) is 0 Å². The molecule has 2 aromatic carbocycles. The molecule has 0 heterocycles. The summed E-state index contributed by atoms with van der Waals surface area (Å²) in [7, 11) is 0. The molecule has 0 aliphatic heterocycles. The van der Waals surface area contributed by atoms with Gasteiger partial charge >= 0.3 is 0 Å². The Morgan fingerprint density at radius 3 is 2.56 bits per heavy atom. The van der Waals surface area contributed by atoms with E-state index in [1.54, 1.807) is 0 Å². The third kappa shape index (κ3) is 2.34. The lowest BCUT2D eigenvalue weighted by atomic mass is 10.1. The average molecular weight is 367 g/mol. The maximum absolute atomic E-state index is 3.64. The van der Waals surface area contributed by atoms with E-state index in [2.05, 4.69) is 79.6 Å². The van der Waals surface area contributed by atoms with E-state index in [-0.39, 0.29) is 0 Å². The van der Waals surface area contributed by atoms with Crippen LogP contribution < -0.4 is 5.32 Å². The van der Waals surface area contributed by atoms with E-state index < -0.39 is 0 Å². The highest BCUT2D eigenvalue weighted by atomic mass is 79.9. The van der Waals surface area contributed by atoms with Crippen LogP contribution in [-0.4, -0.2) is 0 Å². The largest absolute Gasteiger partial charge is 0.378 e. The number of hydrogen-bond acceptors (Lipinski definition) is 1. The summed E-state index contributed by atoms with van der Waals surface area (Å²) in [5, 5.41) is 3.61. The summed E-state index contributed by atoms with van der Waals surface area (Å²) in [6.45, 7) is 0. The first kappa shape index (κ1) is 12.2. The molecule has 1 atom stereocenters. The van der Waals surface area contributed by atoms with Crippen LogP contribution in [0.3, 0.4) is 0 Å². The number of benzene rings is 2. The Kier molecular flexibility index (Phi) is 3.44. The molecular formula is C15H13Br2N. The van der Waals surface area contributed by atoms with Crippen LogP contribution in [0.4, 0.5) is 5.69 Å². The van der Waals surface area contributed by atoms with Crippen LogP contribution in [0, 0.1) is 0 Å². The van der Waals surface area contributed by atoms with Gasteiger partial charge in [-0.3, -0.25) is 0 Å². The predicted octanol–water partition coefficient (Wildman–Crippen LogP) is 5.31. The van der Waals surface area contributed by atoms with Gasteiger partial charge in [-0.25, -0.2) is 0 Å². The smallest absolute Gasteiger partial charge is 0.0520 e. The molecule has 2 aromatic rings. The van der Waals surface area contributed by atoms with E-state index in [0.717, 1.165) is 17.3 Å². The summed E-state index contributed by atoms with van der Waals surface area (Å²) in [4.78, 5) is 0. The maximum atomic E-state index is 3.64. The van der Waals surface area contributed by atoms with Gasteiger partial charge in [-0.05, 0) is 54.3 Å². The summed E-state index contributed by atoms with van der Waals surface area (Å²) in [6, 6.07) is 15.3. The number of rotatable bonds is 2. The zero-order valence-electron chi connectivity index (χ0n) is 9.79. The monoisotopic (exact) mass is 365 g/mol. The Labute approximate surface area is 124 Å². The molecule has 0 amide bonds. The second-order valence-electron chi connectivity index (χ2n) is 4.55. The molecule has 92 valence electrons. The van der Waals surface area contributed by atoms with Crippen molar-refractivity contribution < 1.29 is 0 Å². The highest BCUT2D eigenvalue weighted by Crippen LogP contribution is 2.37. The highest BCUT2D eigenvalue weighted by molar-refractivity contribution is 9.10. The second-order valence-corrected chi connectivity index (χ2v) is 6.32. The first-order chi connectivity index (χ1) is 8.74. The van der Waals surface area contributed by atoms with Crippen molar-refractivity contribution in [2.24, 2.45) is 0 Å². The van der Waals surface area contributed by atoms with Crippen LogP contribution in [0.15, 0.2) is 51.4 Å². The molecule has 0 saturated carbocycles. The lowest BCUT2D eigenvalue weighted by Crippen LogP contribution is -2.06. The molecule has 0 radical (unpaired) electrons. The minimum Gasteiger partial charge on any atom is -0.378 e. The SMILES string of the molecule is Brc1ccc(NC2CCc3c(Br)cccc32)cc1. The maximum Gasteiger partial charge on any atom is 0.0520 e. The minimum atomic E-state index is 0.429. The van der Waals surface area contributed by atoms with Crippen LogP contribution >= 0.6 is 31.9 Å². The van der Waals surface area contributed by atoms with Crippen molar-refractivity contribution in [2.45, 2.75) is 18.9 Å². The molecule has 1 nitrogen and oxygen atoms in total. The number of halogens is 2. The van der Waals surface area contributed by atoms with Crippen LogP contribution in [-0.2, 0) is 6.42 Å². The van der Waals surface area contributed by atoms with Crippen molar-refractivity contribution in [1.82, 2.24) is 0 Å². The minimum absolute atomic E-state index is 0.429.